The summed E-state index contributed by atoms with van der Waals surface area (Å²) < 4.78 is 14.3. The Hall–Kier alpha value is -2.78. The van der Waals surface area contributed by atoms with Crippen LogP contribution in [0.2, 0.25) is 0 Å². The summed E-state index contributed by atoms with van der Waals surface area (Å²) in [6.45, 7) is 3.85. The van der Waals surface area contributed by atoms with Crippen LogP contribution in [-0.4, -0.2) is 34.9 Å². The molecule has 0 aliphatic rings. The standard InChI is InChI=1S/C20H21N5O2S2/c1-3-4-10-29(27)20-15(21)14-16(13-8-6-5-7-9-13)23-17(24-19(14)28-20)18-22-12(2)11-25(18)26/h5-9,11,26H,3-4,10,21H2,1-2H3. The van der Waals surface area contributed by atoms with Crippen molar-refractivity contribution in [3.63, 3.8) is 0 Å². The molecule has 3 heterocycles. The lowest BCUT2D eigenvalue weighted by Gasteiger charge is -2.07. The average molecular weight is 428 g/mol. The molecule has 0 aliphatic carbocycles. The van der Waals surface area contributed by atoms with Gasteiger partial charge in [0.2, 0.25) is 11.6 Å². The van der Waals surface area contributed by atoms with Gasteiger partial charge in [-0.15, -0.1) is 11.3 Å². The smallest absolute Gasteiger partial charge is 0.213 e. The van der Waals surface area contributed by atoms with Gasteiger partial charge >= 0.3 is 0 Å². The number of nitrogens with zero attached hydrogens (tertiary/aromatic N) is 4. The summed E-state index contributed by atoms with van der Waals surface area (Å²) in [4.78, 5) is 14.2. The van der Waals surface area contributed by atoms with E-state index in [0.29, 0.717) is 43.1 Å². The highest BCUT2D eigenvalue weighted by Crippen LogP contribution is 2.41. The maximum Gasteiger partial charge on any atom is 0.213 e. The van der Waals surface area contributed by atoms with Gasteiger partial charge in [0, 0.05) is 11.3 Å². The SMILES string of the molecule is CCCCS(=O)c1sc2nc(-c3nc(C)cn3O)nc(-c3ccccc3)c2c1N. The Morgan fingerprint density at radius 2 is 1.97 bits per heavy atom. The first-order chi connectivity index (χ1) is 14.0. The van der Waals surface area contributed by atoms with E-state index in [1.165, 1.54) is 17.5 Å². The van der Waals surface area contributed by atoms with Crippen molar-refractivity contribution in [3.05, 3.63) is 42.2 Å². The lowest BCUT2D eigenvalue weighted by molar-refractivity contribution is 0.190. The number of anilines is 1. The fourth-order valence-corrected chi connectivity index (χ4v) is 5.85. The molecule has 0 saturated carbocycles. The molecule has 3 N–H and O–H groups in total. The number of aryl methyl sites for hydroxylation is 1. The van der Waals surface area contributed by atoms with Crippen molar-refractivity contribution < 1.29 is 9.42 Å². The number of nitrogens with two attached hydrogens (primary N) is 1. The summed E-state index contributed by atoms with van der Waals surface area (Å²) in [6.07, 6.45) is 3.33. The third-order valence-electron chi connectivity index (χ3n) is 4.50. The minimum atomic E-state index is -1.19. The Labute approximate surface area is 174 Å². The van der Waals surface area contributed by atoms with Crippen molar-refractivity contribution >= 4 is 38.0 Å². The monoisotopic (exact) mass is 427 g/mol. The summed E-state index contributed by atoms with van der Waals surface area (Å²) >= 11 is 1.32. The predicted molar refractivity (Wildman–Crippen MR) is 117 cm³/mol. The summed E-state index contributed by atoms with van der Waals surface area (Å²) in [7, 11) is -1.19. The number of rotatable bonds is 6. The molecule has 1 atom stereocenters. The second kappa shape index (κ2) is 7.92. The number of nitrogen functional groups attached to an aromatic ring is 1. The molecule has 9 heteroatoms. The van der Waals surface area contributed by atoms with Crippen molar-refractivity contribution in [1.29, 1.82) is 0 Å². The highest BCUT2D eigenvalue weighted by Gasteiger charge is 2.23. The molecule has 4 aromatic rings. The number of unbranched alkanes of at least 4 members (excludes halogenated alkanes) is 1. The van der Waals surface area contributed by atoms with Crippen molar-refractivity contribution in [1.82, 2.24) is 19.7 Å². The van der Waals surface area contributed by atoms with Crippen LogP contribution in [-0.2, 0) is 10.8 Å². The van der Waals surface area contributed by atoms with E-state index < -0.39 is 10.8 Å². The second-order valence-electron chi connectivity index (χ2n) is 6.70. The van der Waals surface area contributed by atoms with Crippen LogP contribution in [0.15, 0.2) is 40.7 Å². The van der Waals surface area contributed by atoms with Crippen molar-refractivity contribution in [2.75, 3.05) is 11.5 Å². The third kappa shape index (κ3) is 3.63. The lowest BCUT2D eigenvalue weighted by Crippen LogP contribution is -2.01. The minimum absolute atomic E-state index is 0.252. The minimum Gasteiger partial charge on any atom is -0.427 e. The van der Waals surface area contributed by atoms with Gasteiger partial charge < -0.3 is 10.9 Å². The molecular formula is C20H21N5O2S2. The molecule has 0 fully saturated rings. The molecule has 0 radical (unpaired) electrons. The van der Waals surface area contributed by atoms with Crippen LogP contribution in [0.4, 0.5) is 5.69 Å². The van der Waals surface area contributed by atoms with Gasteiger partial charge in [-0.1, -0.05) is 43.7 Å². The fraction of sp³-hybridized carbons (Fsp3) is 0.250. The molecule has 7 nitrogen and oxygen atoms in total. The number of thiophene rings is 1. The van der Waals surface area contributed by atoms with Gasteiger partial charge in [-0.2, -0.15) is 4.73 Å². The molecule has 150 valence electrons. The van der Waals surface area contributed by atoms with Gasteiger partial charge in [0.05, 0.1) is 39.5 Å². The number of hydrogen-bond acceptors (Lipinski definition) is 7. The van der Waals surface area contributed by atoms with Crippen molar-refractivity contribution in [2.24, 2.45) is 0 Å². The number of imidazole rings is 1. The average Bonchev–Trinajstić information content (AvgIpc) is 3.24. The van der Waals surface area contributed by atoms with Crippen LogP contribution in [0.1, 0.15) is 25.5 Å². The molecule has 3 aromatic heterocycles. The molecule has 0 bridgehead atoms. The summed E-state index contributed by atoms with van der Waals surface area (Å²) in [5, 5.41) is 10.9. The Morgan fingerprint density at radius 3 is 2.62 bits per heavy atom. The van der Waals surface area contributed by atoms with Gasteiger partial charge in [-0.05, 0) is 13.3 Å². The van der Waals surface area contributed by atoms with Gasteiger partial charge in [0.1, 0.15) is 9.04 Å². The molecule has 0 aliphatic heterocycles. The highest BCUT2D eigenvalue weighted by molar-refractivity contribution is 7.87. The molecule has 4 rings (SSSR count). The van der Waals surface area contributed by atoms with Gasteiger partial charge in [0.15, 0.2) is 0 Å². The zero-order valence-electron chi connectivity index (χ0n) is 16.1. The van der Waals surface area contributed by atoms with E-state index in [2.05, 4.69) is 21.9 Å². The summed E-state index contributed by atoms with van der Waals surface area (Å²) in [5.41, 5.74) is 9.06. The quantitative estimate of drug-likeness (QED) is 0.445. The van der Waals surface area contributed by atoms with E-state index >= 15 is 0 Å². The molecule has 0 amide bonds. The summed E-state index contributed by atoms with van der Waals surface area (Å²) in [5.74, 6) is 1.11. The Kier molecular flexibility index (Phi) is 5.33. The Balaban J connectivity index is 1.97. The molecule has 0 saturated heterocycles. The van der Waals surface area contributed by atoms with Crippen LogP contribution >= 0.6 is 11.3 Å². The van der Waals surface area contributed by atoms with Crippen LogP contribution in [0.3, 0.4) is 0 Å². The summed E-state index contributed by atoms with van der Waals surface area (Å²) in [6, 6.07) is 9.64. The Morgan fingerprint density at radius 1 is 1.21 bits per heavy atom. The van der Waals surface area contributed by atoms with Crippen LogP contribution in [0.25, 0.3) is 33.1 Å². The van der Waals surface area contributed by atoms with Gasteiger partial charge in [0.25, 0.3) is 0 Å². The van der Waals surface area contributed by atoms with Crippen LogP contribution in [0.5, 0.6) is 0 Å². The molecule has 29 heavy (non-hydrogen) atoms. The van der Waals surface area contributed by atoms with E-state index in [0.717, 1.165) is 23.1 Å². The third-order valence-corrected chi connectivity index (χ3v) is 7.49. The van der Waals surface area contributed by atoms with E-state index in [-0.39, 0.29) is 5.82 Å². The first-order valence-corrected chi connectivity index (χ1v) is 11.4. The normalized spacial score (nSPS) is 12.5. The maximum atomic E-state index is 12.8. The zero-order valence-corrected chi connectivity index (χ0v) is 17.8. The van der Waals surface area contributed by atoms with Crippen molar-refractivity contribution in [2.45, 2.75) is 30.9 Å². The molecule has 1 aromatic carbocycles. The van der Waals surface area contributed by atoms with Gasteiger partial charge in [-0.3, -0.25) is 4.21 Å². The van der Waals surface area contributed by atoms with Crippen molar-refractivity contribution in [3.8, 4) is 22.9 Å². The Bertz CT molecular complexity index is 1200. The molecule has 1 unspecified atom stereocenters. The maximum absolute atomic E-state index is 12.8. The van der Waals surface area contributed by atoms with E-state index in [1.807, 2.05) is 30.3 Å². The fourth-order valence-electron chi connectivity index (χ4n) is 3.08. The number of hydrogen-bond donors (Lipinski definition) is 2. The molecular weight excluding hydrogens is 406 g/mol. The van der Waals surface area contributed by atoms with Crippen LogP contribution in [0, 0.1) is 6.92 Å². The topological polar surface area (TPSA) is 107 Å². The van der Waals surface area contributed by atoms with Gasteiger partial charge in [-0.25, -0.2) is 15.0 Å². The predicted octanol–water partition coefficient (Wildman–Crippen LogP) is 4.26. The second-order valence-corrected chi connectivity index (χ2v) is 9.46. The largest absolute Gasteiger partial charge is 0.427 e. The number of benzene rings is 1. The lowest BCUT2D eigenvalue weighted by atomic mass is 10.1. The highest BCUT2D eigenvalue weighted by atomic mass is 32.2. The number of fused-ring (bicyclic) bond motifs is 1. The van der Waals surface area contributed by atoms with E-state index in [4.69, 9.17) is 5.73 Å². The van der Waals surface area contributed by atoms with E-state index in [9.17, 15) is 9.42 Å². The zero-order chi connectivity index (χ0) is 20.5. The number of aromatic nitrogens is 4. The first-order valence-electron chi connectivity index (χ1n) is 9.29. The van der Waals surface area contributed by atoms with Crippen LogP contribution < -0.4 is 5.73 Å². The molecule has 0 spiro atoms. The van der Waals surface area contributed by atoms with E-state index in [1.54, 1.807) is 6.92 Å². The first kappa shape index (κ1) is 19.5.